The Balaban J connectivity index is 2.09. The zero-order valence-electron chi connectivity index (χ0n) is 14.4. The second-order valence-corrected chi connectivity index (χ2v) is 6.08. The molecule has 0 aliphatic carbocycles. The van der Waals surface area contributed by atoms with E-state index in [1.807, 2.05) is 32.9 Å². The van der Waals surface area contributed by atoms with Crippen LogP contribution in [0.25, 0.3) is 0 Å². The normalized spacial score (nSPS) is 11.7. The number of anilines is 1. The fourth-order valence-corrected chi connectivity index (χ4v) is 2.71. The van der Waals surface area contributed by atoms with Crippen molar-refractivity contribution in [2.75, 3.05) is 12.4 Å². The Morgan fingerprint density at radius 2 is 1.83 bits per heavy atom. The van der Waals surface area contributed by atoms with Crippen LogP contribution in [0.15, 0.2) is 36.4 Å². The van der Waals surface area contributed by atoms with Crippen molar-refractivity contribution in [1.29, 1.82) is 0 Å². The molecule has 1 amide bonds. The molecule has 0 saturated carbocycles. The Labute approximate surface area is 147 Å². The Morgan fingerprint density at radius 3 is 2.38 bits per heavy atom. The summed E-state index contributed by atoms with van der Waals surface area (Å²) in [6.45, 7) is 5.91. The van der Waals surface area contributed by atoms with Gasteiger partial charge >= 0.3 is 0 Å². The van der Waals surface area contributed by atoms with E-state index < -0.39 is 6.10 Å². The molecule has 0 fully saturated rings. The number of carbonyl (C=O) groups is 1. The maximum atomic E-state index is 12.5. The quantitative estimate of drug-likeness (QED) is 0.819. The lowest BCUT2D eigenvalue weighted by molar-refractivity contribution is -0.122. The average molecular weight is 348 g/mol. The molecule has 1 atom stereocenters. The number of carbonyl (C=O) groups excluding carboxylic acids is 1. The van der Waals surface area contributed by atoms with E-state index in [0.717, 1.165) is 11.1 Å². The number of halogens is 1. The van der Waals surface area contributed by atoms with Gasteiger partial charge in [-0.05, 0) is 61.7 Å². The van der Waals surface area contributed by atoms with E-state index in [0.29, 0.717) is 28.6 Å². The molecule has 4 nitrogen and oxygen atoms in total. The summed E-state index contributed by atoms with van der Waals surface area (Å²) in [5, 5.41) is 3.27. The summed E-state index contributed by atoms with van der Waals surface area (Å²) in [5.41, 5.74) is 2.80. The van der Waals surface area contributed by atoms with E-state index in [4.69, 9.17) is 21.1 Å². The van der Waals surface area contributed by atoms with Crippen molar-refractivity contribution in [3.8, 4) is 11.5 Å². The van der Waals surface area contributed by atoms with E-state index in [-0.39, 0.29) is 5.91 Å². The Bertz CT molecular complexity index is 710. The lowest BCUT2D eigenvalue weighted by atomic mass is 10.1. The van der Waals surface area contributed by atoms with Crippen LogP contribution in [-0.2, 0) is 4.79 Å². The highest BCUT2D eigenvalue weighted by molar-refractivity contribution is 6.32. The highest BCUT2D eigenvalue weighted by Gasteiger charge is 2.19. The van der Waals surface area contributed by atoms with Gasteiger partial charge in [0.25, 0.3) is 5.91 Å². The van der Waals surface area contributed by atoms with Crippen LogP contribution in [0.2, 0.25) is 5.02 Å². The van der Waals surface area contributed by atoms with Gasteiger partial charge in [0.05, 0.1) is 12.1 Å². The summed E-state index contributed by atoms with van der Waals surface area (Å²) in [6.07, 6.45) is -0.0185. The van der Waals surface area contributed by atoms with Crippen LogP contribution in [0.5, 0.6) is 11.5 Å². The molecule has 0 saturated heterocycles. The van der Waals surface area contributed by atoms with Crippen molar-refractivity contribution < 1.29 is 14.3 Å². The van der Waals surface area contributed by atoms with Crippen molar-refractivity contribution in [2.45, 2.75) is 33.3 Å². The van der Waals surface area contributed by atoms with Gasteiger partial charge in [0.2, 0.25) is 0 Å². The van der Waals surface area contributed by atoms with Crippen LogP contribution in [-0.4, -0.2) is 19.1 Å². The van der Waals surface area contributed by atoms with Gasteiger partial charge in [0.15, 0.2) is 6.10 Å². The first-order valence-corrected chi connectivity index (χ1v) is 8.20. The molecule has 1 N–H and O–H groups in total. The largest absolute Gasteiger partial charge is 0.495 e. The predicted octanol–water partition coefficient (Wildman–Crippen LogP) is 4.76. The summed E-state index contributed by atoms with van der Waals surface area (Å²) in [4.78, 5) is 12.5. The molecule has 0 radical (unpaired) electrons. The molecule has 0 aliphatic rings. The summed E-state index contributed by atoms with van der Waals surface area (Å²) in [6, 6.07) is 11.0. The Kier molecular flexibility index (Phi) is 6.10. The summed E-state index contributed by atoms with van der Waals surface area (Å²) in [7, 11) is 1.55. The van der Waals surface area contributed by atoms with Crippen molar-refractivity contribution in [2.24, 2.45) is 0 Å². The van der Waals surface area contributed by atoms with Crippen molar-refractivity contribution in [3.05, 3.63) is 52.5 Å². The number of rotatable bonds is 6. The molecule has 0 bridgehead atoms. The molecular formula is C19H22ClNO3. The van der Waals surface area contributed by atoms with Crippen LogP contribution in [0.1, 0.15) is 24.5 Å². The molecule has 2 aromatic carbocycles. The maximum absolute atomic E-state index is 12.5. The van der Waals surface area contributed by atoms with E-state index in [9.17, 15) is 4.79 Å². The smallest absolute Gasteiger partial charge is 0.265 e. The molecule has 24 heavy (non-hydrogen) atoms. The van der Waals surface area contributed by atoms with Crippen molar-refractivity contribution in [1.82, 2.24) is 0 Å². The second-order valence-electron chi connectivity index (χ2n) is 5.68. The molecule has 0 spiro atoms. The average Bonchev–Trinajstić information content (AvgIpc) is 2.51. The fourth-order valence-electron chi connectivity index (χ4n) is 2.45. The van der Waals surface area contributed by atoms with Gasteiger partial charge in [0, 0.05) is 5.69 Å². The monoisotopic (exact) mass is 347 g/mol. The predicted molar refractivity (Wildman–Crippen MR) is 97.3 cm³/mol. The van der Waals surface area contributed by atoms with Gasteiger partial charge in [-0.25, -0.2) is 0 Å². The first-order valence-electron chi connectivity index (χ1n) is 7.82. The topological polar surface area (TPSA) is 47.6 Å². The van der Waals surface area contributed by atoms with Crippen LogP contribution in [0, 0.1) is 13.8 Å². The van der Waals surface area contributed by atoms with Gasteiger partial charge in [-0.15, -0.1) is 0 Å². The number of ether oxygens (including phenoxy) is 2. The highest BCUT2D eigenvalue weighted by atomic mass is 35.5. The number of hydrogen-bond acceptors (Lipinski definition) is 3. The molecule has 0 aromatic heterocycles. The summed E-state index contributed by atoms with van der Waals surface area (Å²) >= 11 is 6.08. The minimum absolute atomic E-state index is 0.210. The molecule has 0 unspecified atom stereocenters. The Hall–Kier alpha value is -2.20. The third kappa shape index (κ3) is 4.65. The van der Waals surface area contributed by atoms with Gasteiger partial charge in [0.1, 0.15) is 11.5 Å². The van der Waals surface area contributed by atoms with Crippen LogP contribution in [0.4, 0.5) is 5.69 Å². The second kappa shape index (κ2) is 8.06. The summed E-state index contributed by atoms with van der Waals surface area (Å²) < 4.78 is 11.0. The van der Waals surface area contributed by atoms with Gasteiger partial charge in [-0.1, -0.05) is 24.6 Å². The minimum Gasteiger partial charge on any atom is -0.495 e. The fraction of sp³-hybridized carbons (Fsp3) is 0.316. The van der Waals surface area contributed by atoms with E-state index in [2.05, 4.69) is 11.4 Å². The zero-order chi connectivity index (χ0) is 17.7. The Morgan fingerprint density at radius 1 is 1.17 bits per heavy atom. The maximum Gasteiger partial charge on any atom is 0.265 e. The van der Waals surface area contributed by atoms with E-state index in [1.165, 1.54) is 0 Å². The third-order valence-corrected chi connectivity index (χ3v) is 3.85. The van der Waals surface area contributed by atoms with Crippen LogP contribution >= 0.6 is 11.6 Å². The zero-order valence-corrected chi connectivity index (χ0v) is 15.1. The number of hydrogen-bond donors (Lipinski definition) is 1. The number of benzene rings is 2. The van der Waals surface area contributed by atoms with Crippen molar-refractivity contribution >= 4 is 23.2 Å². The van der Waals surface area contributed by atoms with E-state index in [1.54, 1.807) is 25.3 Å². The number of methoxy groups -OCH3 is 1. The van der Waals surface area contributed by atoms with Crippen molar-refractivity contribution in [3.63, 3.8) is 0 Å². The molecular weight excluding hydrogens is 326 g/mol. The molecule has 0 heterocycles. The first-order chi connectivity index (χ1) is 11.4. The molecule has 0 aliphatic heterocycles. The third-order valence-electron chi connectivity index (χ3n) is 3.56. The highest BCUT2D eigenvalue weighted by Crippen LogP contribution is 2.27. The molecule has 128 valence electrons. The molecule has 5 heteroatoms. The minimum atomic E-state index is -0.577. The van der Waals surface area contributed by atoms with Gasteiger partial charge in [-0.2, -0.15) is 0 Å². The SMILES string of the molecule is CC[C@@H](Oc1cc(C)cc(C)c1)C(=O)Nc1ccc(OC)c(Cl)c1. The molecule has 2 aromatic rings. The lowest BCUT2D eigenvalue weighted by Gasteiger charge is -2.18. The van der Waals surface area contributed by atoms with Gasteiger partial charge in [-0.3, -0.25) is 4.79 Å². The van der Waals surface area contributed by atoms with Crippen LogP contribution < -0.4 is 14.8 Å². The standard InChI is InChI=1S/C19H22ClNO3/c1-5-17(24-15-9-12(2)8-13(3)10-15)19(22)21-14-6-7-18(23-4)16(20)11-14/h6-11,17H,5H2,1-4H3,(H,21,22)/t17-/m1/s1. The first kappa shape index (κ1) is 18.1. The van der Waals surface area contributed by atoms with E-state index >= 15 is 0 Å². The van der Waals surface area contributed by atoms with Gasteiger partial charge < -0.3 is 14.8 Å². The lowest BCUT2D eigenvalue weighted by Crippen LogP contribution is -2.32. The summed E-state index contributed by atoms with van der Waals surface area (Å²) in [5.74, 6) is 1.05. The van der Waals surface area contributed by atoms with Crippen LogP contribution in [0.3, 0.4) is 0 Å². The molecule has 2 rings (SSSR count). The number of amides is 1. The number of nitrogens with one attached hydrogen (secondary N) is 1. The number of aryl methyl sites for hydroxylation is 2.